The number of hydrogen-bond acceptors (Lipinski definition) is 4. The molecule has 0 fully saturated rings. The van der Waals surface area contributed by atoms with Gasteiger partial charge in [0.05, 0.1) is 10.6 Å². The maximum atomic E-state index is 12.6. The van der Waals surface area contributed by atoms with E-state index in [1.807, 2.05) is 38.1 Å². The first-order valence-corrected chi connectivity index (χ1v) is 9.40. The zero-order valence-electron chi connectivity index (χ0n) is 14.0. The lowest BCUT2D eigenvalue weighted by molar-refractivity contribution is 0.0699. The van der Waals surface area contributed by atoms with Crippen LogP contribution in [0.3, 0.4) is 0 Å². The molecule has 0 aliphatic rings. The number of aromatic nitrogens is 1. The van der Waals surface area contributed by atoms with Crippen molar-refractivity contribution in [2.45, 2.75) is 13.8 Å². The van der Waals surface area contributed by atoms with Crippen LogP contribution in [0.5, 0.6) is 0 Å². The summed E-state index contributed by atoms with van der Waals surface area (Å²) in [5.41, 5.74) is 3.07. The monoisotopic (exact) mass is 430 g/mol. The Labute approximate surface area is 162 Å². The second kappa shape index (κ2) is 7.39. The van der Waals surface area contributed by atoms with Gasteiger partial charge in [-0.05, 0) is 43.7 Å². The molecular formula is C19H15BrN2O3S. The van der Waals surface area contributed by atoms with Crippen LogP contribution in [0.15, 0.2) is 46.3 Å². The van der Waals surface area contributed by atoms with Crippen molar-refractivity contribution < 1.29 is 14.7 Å². The smallest absolute Gasteiger partial charge is 0.339 e. The molecule has 2 N–H and O–H groups in total. The Kier molecular flexibility index (Phi) is 5.20. The molecular weight excluding hydrogens is 416 g/mol. The number of nitrogens with one attached hydrogen (secondary N) is 1. The number of halogens is 1. The molecule has 0 unspecified atom stereocenters. The number of carboxylic acid groups (broad SMARTS) is 1. The van der Waals surface area contributed by atoms with E-state index in [-0.39, 0.29) is 17.2 Å². The molecule has 0 aliphatic carbocycles. The normalized spacial score (nSPS) is 10.6. The van der Waals surface area contributed by atoms with Crippen LogP contribution in [0.2, 0.25) is 0 Å². The molecule has 0 atom stereocenters. The molecule has 2 heterocycles. The van der Waals surface area contributed by atoms with Crippen molar-refractivity contribution in [2.75, 3.05) is 5.32 Å². The lowest BCUT2D eigenvalue weighted by Gasteiger charge is -2.07. The first kappa shape index (κ1) is 18.3. The molecule has 3 aromatic rings. The van der Waals surface area contributed by atoms with Gasteiger partial charge in [0.25, 0.3) is 5.91 Å². The van der Waals surface area contributed by atoms with Crippen LogP contribution in [-0.4, -0.2) is 22.0 Å². The van der Waals surface area contributed by atoms with E-state index in [0.29, 0.717) is 10.4 Å². The van der Waals surface area contributed by atoms with E-state index in [1.165, 1.54) is 11.3 Å². The number of benzene rings is 1. The van der Waals surface area contributed by atoms with Crippen LogP contribution in [0.4, 0.5) is 5.69 Å². The lowest BCUT2D eigenvalue weighted by atomic mass is 10.1. The van der Waals surface area contributed by atoms with Gasteiger partial charge >= 0.3 is 5.97 Å². The first-order chi connectivity index (χ1) is 12.3. The van der Waals surface area contributed by atoms with Crippen molar-refractivity contribution in [3.63, 3.8) is 0 Å². The molecule has 0 aliphatic heterocycles. The van der Waals surface area contributed by atoms with E-state index >= 15 is 0 Å². The Morgan fingerprint density at radius 1 is 1.12 bits per heavy atom. The minimum atomic E-state index is -1.08. The first-order valence-electron chi connectivity index (χ1n) is 7.72. The maximum absolute atomic E-state index is 12.6. The molecule has 3 rings (SSSR count). The minimum Gasteiger partial charge on any atom is -0.478 e. The molecule has 5 nitrogen and oxygen atoms in total. The summed E-state index contributed by atoms with van der Waals surface area (Å²) in [7, 11) is 0. The van der Waals surface area contributed by atoms with Gasteiger partial charge in [0.2, 0.25) is 0 Å². The highest BCUT2D eigenvalue weighted by molar-refractivity contribution is 9.10. The molecule has 26 heavy (non-hydrogen) atoms. The molecule has 2 aromatic heterocycles. The summed E-state index contributed by atoms with van der Waals surface area (Å²) >= 11 is 4.65. The fraction of sp³-hybridized carbons (Fsp3) is 0.105. The number of pyridine rings is 1. The fourth-order valence-corrected chi connectivity index (χ4v) is 3.90. The number of anilines is 1. The van der Waals surface area contributed by atoms with Crippen molar-refractivity contribution in [2.24, 2.45) is 0 Å². The molecule has 7 heteroatoms. The minimum absolute atomic E-state index is 0.0909. The van der Waals surface area contributed by atoms with Crippen molar-refractivity contribution >= 4 is 44.8 Å². The number of carboxylic acids is 1. The molecule has 1 amide bonds. The highest BCUT2D eigenvalue weighted by atomic mass is 79.9. The van der Waals surface area contributed by atoms with Crippen LogP contribution < -0.4 is 5.32 Å². The number of hydrogen-bond donors (Lipinski definition) is 2. The molecule has 0 radical (unpaired) electrons. The van der Waals surface area contributed by atoms with E-state index in [9.17, 15) is 14.7 Å². The maximum Gasteiger partial charge on any atom is 0.339 e. The SMILES string of the molecule is Cc1cc(C(=O)Nc2csc(-c3ccc(Br)cc3)c2C(=O)O)cc(C)n1. The van der Waals surface area contributed by atoms with Crippen LogP contribution in [0, 0.1) is 13.8 Å². The second-order valence-electron chi connectivity index (χ2n) is 5.76. The molecule has 132 valence electrons. The van der Waals surface area contributed by atoms with Crippen LogP contribution >= 0.6 is 27.3 Å². The number of carbonyl (C=O) groups excluding carboxylic acids is 1. The Bertz CT molecular complexity index is 976. The average Bonchev–Trinajstić information content (AvgIpc) is 2.98. The molecule has 0 spiro atoms. The van der Waals surface area contributed by atoms with E-state index < -0.39 is 5.97 Å². The van der Waals surface area contributed by atoms with Crippen LogP contribution in [-0.2, 0) is 0 Å². The third-order valence-corrected chi connectivity index (χ3v) is 5.26. The largest absolute Gasteiger partial charge is 0.478 e. The van der Waals surface area contributed by atoms with Crippen LogP contribution in [0.1, 0.15) is 32.1 Å². The van der Waals surface area contributed by atoms with Crippen molar-refractivity contribution in [3.8, 4) is 10.4 Å². The van der Waals surface area contributed by atoms with Gasteiger partial charge in [0, 0.05) is 26.8 Å². The van der Waals surface area contributed by atoms with Gasteiger partial charge in [-0.2, -0.15) is 0 Å². The van der Waals surface area contributed by atoms with Crippen molar-refractivity contribution in [1.29, 1.82) is 0 Å². The Morgan fingerprint density at radius 2 is 1.73 bits per heavy atom. The predicted octanol–water partition coefficient (Wildman–Crippen LogP) is 5.14. The van der Waals surface area contributed by atoms with Gasteiger partial charge in [0.15, 0.2) is 0 Å². The van der Waals surface area contributed by atoms with Gasteiger partial charge in [0.1, 0.15) is 5.56 Å². The third kappa shape index (κ3) is 3.84. The number of amides is 1. The number of nitrogens with zero attached hydrogens (tertiary/aromatic N) is 1. The number of rotatable bonds is 4. The number of thiophene rings is 1. The molecule has 0 saturated carbocycles. The zero-order valence-corrected chi connectivity index (χ0v) is 16.4. The molecule has 1 aromatic carbocycles. The van der Waals surface area contributed by atoms with E-state index in [1.54, 1.807) is 17.5 Å². The van der Waals surface area contributed by atoms with Gasteiger partial charge in [-0.1, -0.05) is 28.1 Å². The summed E-state index contributed by atoms with van der Waals surface area (Å²) in [5.74, 6) is -1.44. The highest BCUT2D eigenvalue weighted by Gasteiger charge is 2.21. The third-order valence-electron chi connectivity index (χ3n) is 3.70. The molecule has 0 bridgehead atoms. The topological polar surface area (TPSA) is 79.3 Å². The summed E-state index contributed by atoms with van der Waals surface area (Å²) in [4.78, 5) is 29.2. The lowest BCUT2D eigenvalue weighted by Crippen LogP contribution is -2.14. The quantitative estimate of drug-likeness (QED) is 0.600. The fourth-order valence-electron chi connectivity index (χ4n) is 2.64. The summed E-state index contributed by atoms with van der Waals surface area (Å²) in [5, 5.41) is 14.0. The van der Waals surface area contributed by atoms with Gasteiger partial charge in [-0.15, -0.1) is 11.3 Å². The Hall–Kier alpha value is -2.51. The number of carbonyl (C=O) groups is 2. The highest BCUT2D eigenvalue weighted by Crippen LogP contribution is 2.36. The predicted molar refractivity (Wildman–Crippen MR) is 106 cm³/mol. The average molecular weight is 431 g/mol. The molecule has 0 saturated heterocycles. The van der Waals surface area contributed by atoms with Crippen LogP contribution in [0.25, 0.3) is 10.4 Å². The van der Waals surface area contributed by atoms with E-state index in [2.05, 4.69) is 26.2 Å². The van der Waals surface area contributed by atoms with Gasteiger partial charge in [-0.25, -0.2) is 4.79 Å². The standard InChI is InChI=1S/C19H15BrN2O3S/c1-10-7-13(8-11(2)21-10)18(23)22-15-9-26-17(16(15)19(24)25)12-3-5-14(20)6-4-12/h3-9H,1-2H3,(H,22,23)(H,24,25). The van der Waals surface area contributed by atoms with Crippen molar-refractivity contribution in [3.05, 3.63) is 68.8 Å². The number of aryl methyl sites for hydroxylation is 2. The summed E-state index contributed by atoms with van der Waals surface area (Å²) in [6.45, 7) is 3.62. The summed E-state index contributed by atoms with van der Waals surface area (Å²) in [6, 6.07) is 10.7. The van der Waals surface area contributed by atoms with Crippen molar-refractivity contribution in [1.82, 2.24) is 4.98 Å². The summed E-state index contributed by atoms with van der Waals surface area (Å²) in [6.07, 6.45) is 0. The Morgan fingerprint density at radius 3 is 2.31 bits per heavy atom. The van der Waals surface area contributed by atoms with E-state index in [4.69, 9.17) is 0 Å². The second-order valence-corrected chi connectivity index (χ2v) is 7.55. The van der Waals surface area contributed by atoms with E-state index in [0.717, 1.165) is 21.4 Å². The summed E-state index contributed by atoms with van der Waals surface area (Å²) < 4.78 is 0.909. The van der Waals surface area contributed by atoms with Gasteiger partial charge < -0.3 is 10.4 Å². The number of aromatic carboxylic acids is 1. The zero-order chi connectivity index (χ0) is 18.8. The van der Waals surface area contributed by atoms with Gasteiger partial charge in [-0.3, -0.25) is 9.78 Å². The Balaban J connectivity index is 1.96.